The lowest BCUT2D eigenvalue weighted by atomic mass is 10.2. The number of hydrazine groups is 1. The highest BCUT2D eigenvalue weighted by atomic mass is 32.2. The number of nitrogens with one attached hydrogen (secondary N) is 1. The Morgan fingerprint density at radius 2 is 1.95 bits per heavy atom. The summed E-state index contributed by atoms with van der Waals surface area (Å²) in [7, 11) is 0. The number of thioether (sulfide) groups is 1. The molecule has 5 nitrogen and oxygen atoms in total. The lowest BCUT2D eigenvalue weighted by molar-refractivity contribution is -0.384. The Morgan fingerprint density at radius 1 is 1.25 bits per heavy atom. The SMILES string of the molecule is NNc1c(CSc2ccc(F)cc2)cccc1[N+](=O)[O-]. The smallest absolute Gasteiger partial charge is 0.293 e. The minimum atomic E-state index is -0.485. The fourth-order valence-electron chi connectivity index (χ4n) is 1.72. The van der Waals surface area contributed by atoms with Gasteiger partial charge in [-0.2, -0.15) is 0 Å². The number of anilines is 1. The van der Waals surface area contributed by atoms with Crippen LogP contribution in [-0.4, -0.2) is 4.92 Å². The van der Waals surface area contributed by atoms with E-state index in [1.165, 1.54) is 30.0 Å². The number of nitrogens with two attached hydrogens (primary N) is 1. The van der Waals surface area contributed by atoms with Crippen LogP contribution in [0.2, 0.25) is 0 Å². The molecule has 0 saturated heterocycles. The highest BCUT2D eigenvalue weighted by Gasteiger charge is 2.16. The molecule has 0 radical (unpaired) electrons. The van der Waals surface area contributed by atoms with Gasteiger partial charge in [0.2, 0.25) is 0 Å². The van der Waals surface area contributed by atoms with Crippen molar-refractivity contribution in [2.75, 3.05) is 5.43 Å². The van der Waals surface area contributed by atoms with Gasteiger partial charge in [0, 0.05) is 16.7 Å². The number of hydrogen-bond acceptors (Lipinski definition) is 5. The Morgan fingerprint density at radius 3 is 2.55 bits per heavy atom. The van der Waals surface area contributed by atoms with Crippen LogP contribution in [0.4, 0.5) is 15.8 Å². The first-order chi connectivity index (χ1) is 9.61. The summed E-state index contributed by atoms with van der Waals surface area (Å²) < 4.78 is 12.8. The van der Waals surface area contributed by atoms with Crippen LogP contribution in [0.15, 0.2) is 47.4 Å². The van der Waals surface area contributed by atoms with Crippen LogP contribution in [-0.2, 0) is 5.75 Å². The van der Waals surface area contributed by atoms with Crippen molar-refractivity contribution >= 4 is 23.1 Å². The van der Waals surface area contributed by atoms with Crippen molar-refractivity contribution in [1.29, 1.82) is 0 Å². The number of nitrogen functional groups attached to an aromatic ring is 1. The molecule has 0 atom stereocenters. The van der Waals surface area contributed by atoms with Crippen molar-refractivity contribution in [3.8, 4) is 0 Å². The van der Waals surface area contributed by atoms with E-state index in [9.17, 15) is 14.5 Å². The van der Waals surface area contributed by atoms with Crippen molar-refractivity contribution in [3.05, 3.63) is 64.0 Å². The van der Waals surface area contributed by atoms with E-state index in [0.717, 1.165) is 10.5 Å². The maximum Gasteiger partial charge on any atom is 0.293 e. The standard InChI is InChI=1S/C13H12FN3O2S/c14-10-4-6-11(7-5-10)20-8-9-2-1-3-12(17(18)19)13(9)16-15/h1-7,16H,8,15H2. The quantitative estimate of drug-likeness (QED) is 0.382. The monoisotopic (exact) mass is 293 g/mol. The zero-order valence-electron chi connectivity index (χ0n) is 10.4. The summed E-state index contributed by atoms with van der Waals surface area (Å²) in [5.41, 5.74) is 3.33. The molecule has 0 spiro atoms. The summed E-state index contributed by atoms with van der Waals surface area (Å²) in [6, 6.07) is 10.8. The summed E-state index contributed by atoms with van der Waals surface area (Å²) in [4.78, 5) is 11.3. The fourth-order valence-corrected chi connectivity index (χ4v) is 2.61. The molecule has 0 amide bonds. The van der Waals surface area contributed by atoms with E-state index < -0.39 is 4.92 Å². The lowest BCUT2D eigenvalue weighted by Gasteiger charge is -2.09. The van der Waals surface area contributed by atoms with E-state index in [1.807, 2.05) is 0 Å². The Balaban J connectivity index is 2.19. The normalized spacial score (nSPS) is 10.3. The molecular weight excluding hydrogens is 281 g/mol. The second-order valence-electron chi connectivity index (χ2n) is 3.96. The summed E-state index contributed by atoms with van der Waals surface area (Å²) in [5, 5.41) is 10.9. The average Bonchev–Trinajstić information content (AvgIpc) is 2.46. The van der Waals surface area contributed by atoms with Crippen molar-refractivity contribution in [3.63, 3.8) is 0 Å². The topological polar surface area (TPSA) is 81.2 Å². The van der Waals surface area contributed by atoms with Gasteiger partial charge >= 0.3 is 0 Å². The van der Waals surface area contributed by atoms with Crippen LogP contribution in [0.5, 0.6) is 0 Å². The van der Waals surface area contributed by atoms with Crippen LogP contribution in [0.1, 0.15) is 5.56 Å². The zero-order chi connectivity index (χ0) is 14.5. The molecule has 0 bridgehead atoms. The molecule has 2 aromatic carbocycles. The number of nitrogens with zero attached hydrogens (tertiary/aromatic N) is 1. The van der Waals surface area contributed by atoms with Gasteiger partial charge in [-0.05, 0) is 29.8 Å². The molecular formula is C13H12FN3O2S. The first kappa shape index (κ1) is 14.3. The molecule has 7 heteroatoms. The Kier molecular flexibility index (Phi) is 4.54. The van der Waals surface area contributed by atoms with Gasteiger partial charge in [0.25, 0.3) is 5.69 Å². The molecule has 2 aromatic rings. The number of para-hydroxylation sites is 1. The number of halogens is 1. The number of benzene rings is 2. The van der Waals surface area contributed by atoms with Crippen molar-refractivity contribution in [2.45, 2.75) is 10.6 Å². The van der Waals surface area contributed by atoms with Crippen LogP contribution in [0.25, 0.3) is 0 Å². The van der Waals surface area contributed by atoms with Gasteiger partial charge in [-0.25, -0.2) is 4.39 Å². The molecule has 3 N–H and O–H groups in total. The summed E-state index contributed by atoms with van der Waals surface area (Å²) >= 11 is 1.45. The van der Waals surface area contributed by atoms with E-state index in [1.54, 1.807) is 24.3 Å². The summed E-state index contributed by atoms with van der Waals surface area (Å²) in [6.07, 6.45) is 0. The molecule has 0 aliphatic rings. The van der Waals surface area contributed by atoms with Crippen LogP contribution >= 0.6 is 11.8 Å². The van der Waals surface area contributed by atoms with Crippen LogP contribution in [0, 0.1) is 15.9 Å². The van der Waals surface area contributed by atoms with Gasteiger partial charge in [0.05, 0.1) is 4.92 Å². The van der Waals surface area contributed by atoms with E-state index in [4.69, 9.17) is 5.84 Å². The maximum absolute atomic E-state index is 12.8. The number of hydrogen-bond donors (Lipinski definition) is 2. The first-order valence-electron chi connectivity index (χ1n) is 5.73. The van der Waals surface area contributed by atoms with Gasteiger partial charge in [0.15, 0.2) is 0 Å². The second kappa shape index (κ2) is 6.36. The predicted molar refractivity (Wildman–Crippen MR) is 76.9 cm³/mol. The maximum atomic E-state index is 12.8. The van der Waals surface area contributed by atoms with E-state index in [-0.39, 0.29) is 11.5 Å². The summed E-state index contributed by atoms with van der Waals surface area (Å²) in [6.45, 7) is 0. The average molecular weight is 293 g/mol. The predicted octanol–water partition coefficient (Wildman–Crippen LogP) is 3.31. The number of rotatable bonds is 5. The highest BCUT2D eigenvalue weighted by molar-refractivity contribution is 7.98. The minimum Gasteiger partial charge on any atom is -0.318 e. The molecule has 0 heterocycles. The molecule has 2 rings (SSSR count). The molecule has 0 aromatic heterocycles. The summed E-state index contributed by atoms with van der Waals surface area (Å²) in [5.74, 6) is 5.56. The largest absolute Gasteiger partial charge is 0.318 e. The van der Waals surface area contributed by atoms with Gasteiger partial charge in [-0.3, -0.25) is 16.0 Å². The van der Waals surface area contributed by atoms with E-state index in [2.05, 4.69) is 5.43 Å². The van der Waals surface area contributed by atoms with E-state index in [0.29, 0.717) is 11.4 Å². The van der Waals surface area contributed by atoms with E-state index >= 15 is 0 Å². The molecule has 0 saturated carbocycles. The molecule has 0 unspecified atom stereocenters. The van der Waals surface area contributed by atoms with Crippen molar-refractivity contribution in [2.24, 2.45) is 5.84 Å². The van der Waals surface area contributed by atoms with Gasteiger partial charge in [-0.1, -0.05) is 12.1 Å². The molecule has 0 fully saturated rings. The lowest BCUT2D eigenvalue weighted by Crippen LogP contribution is -2.11. The molecule has 104 valence electrons. The number of nitro groups is 1. The van der Waals surface area contributed by atoms with Gasteiger partial charge in [-0.15, -0.1) is 11.8 Å². The third kappa shape index (κ3) is 3.25. The molecule has 0 aliphatic carbocycles. The third-order valence-electron chi connectivity index (χ3n) is 2.68. The molecule has 20 heavy (non-hydrogen) atoms. The van der Waals surface area contributed by atoms with Gasteiger partial charge < -0.3 is 5.43 Å². The third-order valence-corrected chi connectivity index (χ3v) is 3.74. The molecule has 0 aliphatic heterocycles. The second-order valence-corrected chi connectivity index (χ2v) is 5.00. The van der Waals surface area contributed by atoms with Crippen molar-refractivity contribution < 1.29 is 9.31 Å². The van der Waals surface area contributed by atoms with Crippen LogP contribution < -0.4 is 11.3 Å². The van der Waals surface area contributed by atoms with Crippen LogP contribution in [0.3, 0.4) is 0 Å². The Bertz CT molecular complexity index is 620. The van der Waals surface area contributed by atoms with Crippen molar-refractivity contribution in [1.82, 2.24) is 0 Å². The Hall–Kier alpha value is -2.12. The minimum absolute atomic E-state index is 0.0651. The van der Waals surface area contributed by atoms with Gasteiger partial charge in [0.1, 0.15) is 11.5 Å². The fraction of sp³-hybridized carbons (Fsp3) is 0.0769. The highest BCUT2D eigenvalue weighted by Crippen LogP contribution is 2.32. The number of nitro benzene ring substituents is 1. The Labute approximate surface area is 119 Å². The zero-order valence-corrected chi connectivity index (χ0v) is 11.2. The first-order valence-corrected chi connectivity index (χ1v) is 6.71.